The molecule has 0 bridgehead atoms. The standard InChI is InChI=1S/C32H32N2O5S/c1-22-7-6-8-25(17-22)20-34-31(36)29(40-32(34)37)19-24-11-14-27(28(18-24)38-2)39-21-23-9-12-26(13-10-23)30(35)33-15-4-3-5-16-33/h6-14,17-19H,3-5,15-16,20-21H2,1-2H3/b29-19-. The van der Waals surface area contributed by atoms with Crippen LogP contribution >= 0.6 is 11.8 Å². The molecule has 206 valence electrons. The van der Waals surface area contributed by atoms with E-state index in [2.05, 4.69) is 0 Å². The number of hydrogen-bond acceptors (Lipinski definition) is 6. The second-order valence-electron chi connectivity index (χ2n) is 10.0. The van der Waals surface area contributed by atoms with Crippen molar-refractivity contribution in [1.29, 1.82) is 0 Å². The third kappa shape index (κ3) is 6.39. The highest BCUT2D eigenvalue weighted by atomic mass is 32.2. The predicted molar refractivity (Wildman–Crippen MR) is 156 cm³/mol. The van der Waals surface area contributed by atoms with Gasteiger partial charge < -0.3 is 14.4 Å². The lowest BCUT2D eigenvalue weighted by molar-refractivity contribution is -0.123. The largest absolute Gasteiger partial charge is 0.493 e. The fraction of sp³-hybridized carbons (Fsp3) is 0.281. The number of nitrogens with zero attached hydrogens (tertiary/aromatic N) is 2. The fourth-order valence-electron chi connectivity index (χ4n) is 4.86. The number of thioether (sulfide) groups is 1. The maximum absolute atomic E-state index is 13.0. The van der Waals surface area contributed by atoms with Crippen molar-refractivity contribution in [2.45, 2.75) is 39.3 Å². The summed E-state index contributed by atoms with van der Waals surface area (Å²) in [6, 6.07) is 20.7. The summed E-state index contributed by atoms with van der Waals surface area (Å²) in [6.45, 7) is 4.18. The molecule has 0 spiro atoms. The van der Waals surface area contributed by atoms with Crippen LogP contribution < -0.4 is 9.47 Å². The summed E-state index contributed by atoms with van der Waals surface area (Å²) < 4.78 is 11.6. The molecule has 0 aliphatic carbocycles. The van der Waals surface area contributed by atoms with Gasteiger partial charge in [-0.25, -0.2) is 0 Å². The minimum absolute atomic E-state index is 0.0810. The van der Waals surface area contributed by atoms with Crippen molar-refractivity contribution in [3.8, 4) is 11.5 Å². The van der Waals surface area contributed by atoms with Crippen LogP contribution in [0.15, 0.2) is 71.6 Å². The molecule has 0 atom stereocenters. The number of hydrogen-bond donors (Lipinski definition) is 0. The second-order valence-corrected chi connectivity index (χ2v) is 11.0. The molecule has 2 fully saturated rings. The Labute approximate surface area is 238 Å². The topological polar surface area (TPSA) is 76.1 Å². The van der Waals surface area contributed by atoms with Crippen LogP contribution in [0.5, 0.6) is 11.5 Å². The molecule has 3 amide bonds. The van der Waals surface area contributed by atoms with Gasteiger partial charge in [0.1, 0.15) is 6.61 Å². The molecule has 5 rings (SSSR count). The lowest BCUT2D eigenvalue weighted by Gasteiger charge is -2.26. The van der Waals surface area contributed by atoms with E-state index in [-0.39, 0.29) is 23.6 Å². The number of carbonyl (C=O) groups excluding carboxylic acids is 3. The molecule has 2 aliphatic rings. The molecule has 3 aromatic rings. The number of aryl methyl sites for hydroxylation is 1. The molecular weight excluding hydrogens is 524 g/mol. The fourth-order valence-corrected chi connectivity index (χ4v) is 5.70. The van der Waals surface area contributed by atoms with Crippen molar-refractivity contribution in [2.24, 2.45) is 0 Å². The van der Waals surface area contributed by atoms with E-state index in [1.165, 1.54) is 11.3 Å². The number of amides is 3. The number of rotatable bonds is 8. The normalized spacial score (nSPS) is 16.5. The summed E-state index contributed by atoms with van der Waals surface area (Å²) in [5.41, 5.74) is 4.34. The summed E-state index contributed by atoms with van der Waals surface area (Å²) in [5, 5.41) is -0.284. The molecule has 0 N–H and O–H groups in total. The van der Waals surface area contributed by atoms with E-state index in [1.54, 1.807) is 25.3 Å². The second kappa shape index (κ2) is 12.4. The van der Waals surface area contributed by atoms with Crippen LogP contribution in [-0.2, 0) is 17.9 Å². The molecular formula is C32H32N2O5S. The lowest BCUT2D eigenvalue weighted by Crippen LogP contribution is -2.35. The van der Waals surface area contributed by atoms with Crippen LogP contribution in [0.2, 0.25) is 0 Å². The number of methoxy groups -OCH3 is 1. The Hall–Kier alpha value is -4.04. The molecule has 40 heavy (non-hydrogen) atoms. The SMILES string of the molecule is COc1cc(/C=C2\SC(=O)N(Cc3cccc(C)c3)C2=O)ccc1OCc1ccc(C(=O)N2CCCCC2)cc1. The Morgan fingerprint density at radius 2 is 1.70 bits per heavy atom. The average Bonchev–Trinajstić information content (AvgIpc) is 3.24. The Bertz CT molecular complexity index is 1440. The monoisotopic (exact) mass is 556 g/mol. The Morgan fingerprint density at radius 3 is 2.42 bits per heavy atom. The van der Waals surface area contributed by atoms with Crippen LogP contribution in [0.25, 0.3) is 6.08 Å². The van der Waals surface area contributed by atoms with Gasteiger partial charge in [-0.05, 0) is 85.0 Å². The molecule has 0 aromatic heterocycles. The molecule has 0 saturated carbocycles. The van der Waals surface area contributed by atoms with E-state index in [4.69, 9.17) is 9.47 Å². The number of likely N-dealkylation sites (tertiary alicyclic amines) is 1. The first kappa shape index (κ1) is 27.5. The van der Waals surface area contributed by atoms with Crippen LogP contribution in [0.3, 0.4) is 0 Å². The minimum Gasteiger partial charge on any atom is -0.493 e. The zero-order chi connectivity index (χ0) is 28.1. The van der Waals surface area contributed by atoms with Gasteiger partial charge in [-0.2, -0.15) is 0 Å². The van der Waals surface area contributed by atoms with Crippen LogP contribution in [-0.4, -0.2) is 47.1 Å². The summed E-state index contributed by atoms with van der Waals surface area (Å²) in [6.07, 6.45) is 5.02. The maximum atomic E-state index is 13.0. The van der Waals surface area contributed by atoms with Crippen molar-refractivity contribution in [3.05, 3.63) is 99.5 Å². The number of piperidine rings is 1. The van der Waals surface area contributed by atoms with Crippen LogP contribution in [0.1, 0.15) is 51.9 Å². The predicted octanol–water partition coefficient (Wildman–Crippen LogP) is 6.45. The Balaban J connectivity index is 1.22. The first-order valence-electron chi connectivity index (χ1n) is 13.4. The van der Waals surface area contributed by atoms with Gasteiger partial charge in [0.05, 0.1) is 18.6 Å². The highest BCUT2D eigenvalue weighted by Gasteiger charge is 2.35. The van der Waals surface area contributed by atoms with E-state index in [9.17, 15) is 14.4 Å². The molecule has 2 aliphatic heterocycles. The van der Waals surface area contributed by atoms with Gasteiger partial charge in [0, 0.05) is 18.7 Å². The molecule has 2 heterocycles. The molecule has 3 aromatic carbocycles. The van der Waals surface area contributed by atoms with Gasteiger partial charge >= 0.3 is 0 Å². The van der Waals surface area contributed by atoms with Crippen molar-refractivity contribution in [3.63, 3.8) is 0 Å². The Morgan fingerprint density at radius 1 is 0.925 bits per heavy atom. The minimum atomic E-state index is -0.307. The smallest absolute Gasteiger partial charge is 0.293 e. The Kier molecular flexibility index (Phi) is 8.55. The number of benzene rings is 3. The first-order chi connectivity index (χ1) is 19.4. The molecule has 0 radical (unpaired) electrons. The molecule has 0 unspecified atom stereocenters. The highest BCUT2D eigenvalue weighted by Crippen LogP contribution is 2.35. The van der Waals surface area contributed by atoms with Gasteiger partial charge in [0.2, 0.25) is 0 Å². The van der Waals surface area contributed by atoms with Gasteiger partial charge in [0.25, 0.3) is 17.1 Å². The lowest BCUT2D eigenvalue weighted by atomic mass is 10.1. The maximum Gasteiger partial charge on any atom is 0.293 e. The van der Waals surface area contributed by atoms with Crippen LogP contribution in [0.4, 0.5) is 4.79 Å². The van der Waals surface area contributed by atoms with Crippen molar-refractivity contribution in [2.75, 3.05) is 20.2 Å². The zero-order valence-electron chi connectivity index (χ0n) is 22.7. The van der Waals surface area contributed by atoms with Gasteiger partial charge in [-0.15, -0.1) is 0 Å². The molecule has 2 saturated heterocycles. The third-order valence-electron chi connectivity index (χ3n) is 7.02. The van der Waals surface area contributed by atoms with E-state index in [0.29, 0.717) is 28.6 Å². The van der Waals surface area contributed by atoms with Crippen molar-refractivity contribution in [1.82, 2.24) is 9.80 Å². The first-order valence-corrected chi connectivity index (χ1v) is 14.2. The van der Waals surface area contributed by atoms with E-state index in [0.717, 1.165) is 59.9 Å². The third-order valence-corrected chi connectivity index (χ3v) is 7.93. The van der Waals surface area contributed by atoms with E-state index in [1.807, 2.05) is 66.4 Å². The number of ether oxygens (including phenoxy) is 2. The van der Waals surface area contributed by atoms with Gasteiger partial charge in [-0.3, -0.25) is 19.3 Å². The van der Waals surface area contributed by atoms with Gasteiger partial charge in [0.15, 0.2) is 11.5 Å². The number of carbonyl (C=O) groups is 3. The summed E-state index contributed by atoms with van der Waals surface area (Å²) in [5.74, 6) is 0.848. The summed E-state index contributed by atoms with van der Waals surface area (Å²) in [7, 11) is 1.56. The van der Waals surface area contributed by atoms with Crippen molar-refractivity contribution >= 4 is 34.9 Å². The summed E-state index contributed by atoms with van der Waals surface area (Å²) in [4.78, 5) is 41.8. The zero-order valence-corrected chi connectivity index (χ0v) is 23.5. The van der Waals surface area contributed by atoms with Crippen molar-refractivity contribution < 1.29 is 23.9 Å². The van der Waals surface area contributed by atoms with E-state index >= 15 is 0 Å². The molecule has 8 heteroatoms. The van der Waals surface area contributed by atoms with Gasteiger partial charge in [-0.1, -0.05) is 48.0 Å². The average molecular weight is 557 g/mol. The molecule has 7 nitrogen and oxygen atoms in total. The van der Waals surface area contributed by atoms with E-state index < -0.39 is 0 Å². The quantitative estimate of drug-likeness (QED) is 0.297. The number of imide groups is 1. The summed E-state index contributed by atoms with van der Waals surface area (Å²) >= 11 is 0.937. The van der Waals surface area contributed by atoms with Crippen LogP contribution in [0, 0.1) is 6.92 Å². The highest BCUT2D eigenvalue weighted by molar-refractivity contribution is 8.18.